The third-order valence-corrected chi connectivity index (χ3v) is 5.07. The summed E-state index contributed by atoms with van der Waals surface area (Å²) in [6.45, 7) is 8.07. The van der Waals surface area contributed by atoms with Crippen molar-refractivity contribution in [2.24, 2.45) is 11.8 Å². The lowest BCUT2D eigenvalue weighted by atomic mass is 9.95. The zero-order valence-electron chi connectivity index (χ0n) is 18.9. The van der Waals surface area contributed by atoms with E-state index in [1.54, 1.807) is 13.8 Å². The third kappa shape index (κ3) is 6.18. The standard InChI is InChI=1S/C22H30N2O8/c1-6-14-19(32-16(25)9-11(2)3)13(5)31-22(29)15(10-30-21(14)28)24-20(27)17-18(26)12(4)7-8-23-17/h7-8,11,13-15,19,26H,6,9-10H2,1-5H3,(H,24,27)/t13-,14+,15-,19-/m0/s1. The van der Waals surface area contributed by atoms with Gasteiger partial charge in [-0.2, -0.15) is 0 Å². The molecule has 1 aromatic heterocycles. The van der Waals surface area contributed by atoms with E-state index in [1.807, 2.05) is 13.8 Å². The Kier molecular flexibility index (Phi) is 8.56. The van der Waals surface area contributed by atoms with Crippen molar-refractivity contribution in [2.75, 3.05) is 6.61 Å². The highest BCUT2D eigenvalue weighted by molar-refractivity contribution is 5.97. The zero-order chi connectivity index (χ0) is 24.0. The van der Waals surface area contributed by atoms with E-state index in [9.17, 15) is 24.3 Å². The van der Waals surface area contributed by atoms with Gasteiger partial charge >= 0.3 is 17.9 Å². The van der Waals surface area contributed by atoms with Crippen LogP contribution in [0.4, 0.5) is 0 Å². The lowest BCUT2D eigenvalue weighted by Crippen LogP contribution is -2.46. The molecule has 0 radical (unpaired) electrons. The van der Waals surface area contributed by atoms with Crippen LogP contribution >= 0.6 is 0 Å². The van der Waals surface area contributed by atoms with Gasteiger partial charge in [0.25, 0.3) is 5.91 Å². The van der Waals surface area contributed by atoms with E-state index in [0.29, 0.717) is 12.0 Å². The normalized spacial score (nSPS) is 23.9. The molecular weight excluding hydrogens is 420 g/mol. The molecule has 10 heteroatoms. The van der Waals surface area contributed by atoms with Crippen LogP contribution in [0.15, 0.2) is 12.3 Å². The molecule has 4 atom stereocenters. The first-order valence-corrected chi connectivity index (χ1v) is 10.6. The molecule has 176 valence electrons. The summed E-state index contributed by atoms with van der Waals surface area (Å²) >= 11 is 0. The van der Waals surface area contributed by atoms with Crippen LogP contribution < -0.4 is 5.32 Å². The number of ether oxygens (including phenoxy) is 3. The monoisotopic (exact) mass is 450 g/mol. The van der Waals surface area contributed by atoms with Crippen LogP contribution in [0, 0.1) is 18.8 Å². The largest absolute Gasteiger partial charge is 0.505 e. The summed E-state index contributed by atoms with van der Waals surface area (Å²) < 4.78 is 16.2. The number of esters is 3. The first-order valence-electron chi connectivity index (χ1n) is 10.6. The van der Waals surface area contributed by atoms with Gasteiger partial charge < -0.3 is 24.6 Å². The molecule has 0 unspecified atom stereocenters. The minimum atomic E-state index is -1.33. The second-order valence-corrected chi connectivity index (χ2v) is 8.19. The fraction of sp³-hybridized carbons (Fsp3) is 0.591. The number of pyridine rings is 1. The van der Waals surface area contributed by atoms with Crippen LogP contribution in [0.3, 0.4) is 0 Å². The van der Waals surface area contributed by atoms with Gasteiger partial charge in [-0.1, -0.05) is 20.8 Å². The molecular formula is C22H30N2O8. The van der Waals surface area contributed by atoms with E-state index in [4.69, 9.17) is 14.2 Å². The maximum absolute atomic E-state index is 12.7. The van der Waals surface area contributed by atoms with Crippen molar-refractivity contribution in [3.8, 4) is 5.75 Å². The summed E-state index contributed by atoms with van der Waals surface area (Å²) in [4.78, 5) is 54.0. The van der Waals surface area contributed by atoms with Crippen molar-refractivity contribution >= 4 is 23.8 Å². The van der Waals surface area contributed by atoms with E-state index >= 15 is 0 Å². The van der Waals surface area contributed by atoms with E-state index in [-0.39, 0.29) is 23.8 Å². The quantitative estimate of drug-likeness (QED) is 0.489. The Morgan fingerprint density at radius 1 is 1.31 bits per heavy atom. The molecule has 0 spiro atoms. The van der Waals surface area contributed by atoms with Crippen molar-refractivity contribution in [3.05, 3.63) is 23.5 Å². The molecule has 0 aromatic carbocycles. The second kappa shape index (κ2) is 10.9. The molecule has 32 heavy (non-hydrogen) atoms. The topological polar surface area (TPSA) is 141 Å². The summed E-state index contributed by atoms with van der Waals surface area (Å²) in [7, 11) is 0. The number of rotatable bonds is 6. The van der Waals surface area contributed by atoms with Crippen LogP contribution in [-0.4, -0.2) is 58.8 Å². The summed E-state index contributed by atoms with van der Waals surface area (Å²) in [5.41, 5.74) is 0.156. The van der Waals surface area contributed by atoms with Gasteiger partial charge in [-0.05, 0) is 37.8 Å². The Balaban J connectivity index is 2.22. The van der Waals surface area contributed by atoms with Gasteiger partial charge in [0.2, 0.25) is 0 Å². The maximum atomic E-state index is 12.7. The number of amides is 1. The second-order valence-electron chi connectivity index (χ2n) is 8.19. The Morgan fingerprint density at radius 2 is 2.00 bits per heavy atom. The number of hydrogen-bond donors (Lipinski definition) is 2. The SMILES string of the molecule is CC[C@H]1C(=O)OC[C@H](NC(=O)c2nccc(C)c2O)C(=O)O[C@@H](C)[C@@H]1OC(=O)CC(C)C. The predicted molar refractivity (Wildman–Crippen MR) is 112 cm³/mol. The molecule has 1 amide bonds. The van der Waals surface area contributed by atoms with E-state index in [1.165, 1.54) is 19.2 Å². The molecule has 1 fully saturated rings. The van der Waals surface area contributed by atoms with Crippen molar-refractivity contribution < 1.29 is 38.5 Å². The van der Waals surface area contributed by atoms with Crippen LogP contribution in [-0.2, 0) is 28.6 Å². The van der Waals surface area contributed by atoms with Gasteiger partial charge in [0.05, 0.1) is 5.92 Å². The van der Waals surface area contributed by atoms with Crippen molar-refractivity contribution in [3.63, 3.8) is 0 Å². The highest BCUT2D eigenvalue weighted by Gasteiger charge is 2.41. The van der Waals surface area contributed by atoms with Crippen LogP contribution in [0.2, 0.25) is 0 Å². The van der Waals surface area contributed by atoms with E-state index < -0.39 is 54.6 Å². The van der Waals surface area contributed by atoms with Crippen molar-refractivity contribution in [1.82, 2.24) is 10.3 Å². The van der Waals surface area contributed by atoms with Crippen molar-refractivity contribution in [2.45, 2.75) is 65.7 Å². The molecule has 10 nitrogen and oxygen atoms in total. The van der Waals surface area contributed by atoms with Gasteiger partial charge in [0.1, 0.15) is 18.5 Å². The maximum Gasteiger partial charge on any atom is 0.332 e. The van der Waals surface area contributed by atoms with Gasteiger partial charge in [0, 0.05) is 12.6 Å². The Labute approximate surface area is 186 Å². The van der Waals surface area contributed by atoms with Crippen LogP contribution in [0.1, 0.15) is 56.6 Å². The van der Waals surface area contributed by atoms with Gasteiger partial charge in [-0.3, -0.25) is 14.4 Å². The Hall–Kier alpha value is -3.17. The molecule has 1 saturated heterocycles. The highest BCUT2D eigenvalue weighted by Crippen LogP contribution is 2.24. The number of carbonyl (C=O) groups is 4. The smallest absolute Gasteiger partial charge is 0.332 e. The minimum absolute atomic E-state index is 0.0509. The van der Waals surface area contributed by atoms with Crippen LogP contribution in [0.25, 0.3) is 0 Å². The number of hydrogen-bond acceptors (Lipinski definition) is 9. The third-order valence-electron chi connectivity index (χ3n) is 5.07. The zero-order valence-corrected chi connectivity index (χ0v) is 18.9. The lowest BCUT2D eigenvalue weighted by molar-refractivity contribution is -0.175. The first-order chi connectivity index (χ1) is 15.0. The number of carbonyl (C=O) groups excluding carboxylic acids is 4. The Bertz CT molecular complexity index is 869. The fourth-order valence-electron chi connectivity index (χ4n) is 3.29. The molecule has 2 N–H and O–H groups in total. The van der Waals surface area contributed by atoms with Crippen LogP contribution in [0.5, 0.6) is 5.75 Å². The summed E-state index contributed by atoms with van der Waals surface area (Å²) in [6, 6.07) is 0.188. The van der Waals surface area contributed by atoms with Gasteiger partial charge in [-0.15, -0.1) is 0 Å². The average Bonchev–Trinajstić information content (AvgIpc) is 2.74. The molecule has 0 saturated carbocycles. The molecule has 2 heterocycles. The summed E-state index contributed by atoms with van der Waals surface area (Å²) in [5, 5.41) is 12.5. The Morgan fingerprint density at radius 3 is 2.62 bits per heavy atom. The molecule has 1 aromatic rings. The number of aromatic nitrogens is 1. The number of aromatic hydroxyl groups is 1. The molecule has 1 aliphatic heterocycles. The molecule has 0 aliphatic carbocycles. The number of cyclic esters (lactones) is 2. The molecule has 1 aliphatic rings. The fourth-order valence-corrected chi connectivity index (χ4v) is 3.29. The predicted octanol–water partition coefficient (Wildman–Crippen LogP) is 1.67. The van der Waals surface area contributed by atoms with E-state index in [0.717, 1.165) is 0 Å². The number of aryl methyl sites for hydroxylation is 1. The minimum Gasteiger partial charge on any atom is -0.505 e. The molecule has 0 bridgehead atoms. The number of nitrogens with one attached hydrogen (secondary N) is 1. The number of nitrogens with zero attached hydrogens (tertiary/aromatic N) is 1. The summed E-state index contributed by atoms with van der Waals surface area (Å²) in [6.07, 6.45) is -0.207. The first kappa shape index (κ1) is 25.1. The van der Waals surface area contributed by atoms with E-state index in [2.05, 4.69) is 10.3 Å². The van der Waals surface area contributed by atoms with Gasteiger partial charge in [-0.25, -0.2) is 9.78 Å². The van der Waals surface area contributed by atoms with Gasteiger partial charge in [0.15, 0.2) is 17.8 Å². The molecule has 2 rings (SSSR count). The van der Waals surface area contributed by atoms with Crippen molar-refractivity contribution in [1.29, 1.82) is 0 Å². The lowest BCUT2D eigenvalue weighted by Gasteiger charge is -2.28. The average molecular weight is 450 g/mol. The summed E-state index contributed by atoms with van der Waals surface area (Å²) in [5.74, 6) is -3.99. The highest BCUT2D eigenvalue weighted by atomic mass is 16.6.